The number of aliphatic hydroxyl groups excluding tert-OH is 1. The van der Waals surface area contributed by atoms with Gasteiger partial charge in [-0.25, -0.2) is 0 Å². The standard InChI is InChI=1S/C14H23NO2/c1-3-8-15-14(11-16)12-6-5-7-13(10-12)17-9-4-2/h5-7,10,14-16H,3-4,8-9,11H2,1-2H3. The van der Waals surface area contributed by atoms with E-state index < -0.39 is 0 Å². The molecule has 0 aromatic heterocycles. The summed E-state index contributed by atoms with van der Waals surface area (Å²) in [5.74, 6) is 0.876. The number of rotatable bonds is 8. The highest BCUT2D eigenvalue weighted by molar-refractivity contribution is 5.30. The summed E-state index contributed by atoms with van der Waals surface area (Å²) in [7, 11) is 0. The summed E-state index contributed by atoms with van der Waals surface area (Å²) in [6, 6.07) is 7.94. The first kappa shape index (κ1) is 14.0. The van der Waals surface area contributed by atoms with Crippen molar-refractivity contribution in [3.05, 3.63) is 29.8 Å². The Bertz CT molecular complexity index is 315. The van der Waals surface area contributed by atoms with Gasteiger partial charge in [-0.1, -0.05) is 26.0 Å². The summed E-state index contributed by atoms with van der Waals surface area (Å²) in [6.45, 7) is 5.95. The Kier molecular flexibility index (Phi) is 6.67. The number of ether oxygens (including phenoxy) is 1. The van der Waals surface area contributed by atoms with Crippen LogP contribution in [0.25, 0.3) is 0 Å². The van der Waals surface area contributed by atoms with Crippen molar-refractivity contribution in [2.45, 2.75) is 32.7 Å². The van der Waals surface area contributed by atoms with Crippen LogP contribution in [0.1, 0.15) is 38.3 Å². The van der Waals surface area contributed by atoms with Crippen LogP contribution < -0.4 is 10.1 Å². The van der Waals surface area contributed by atoms with Gasteiger partial charge in [0, 0.05) is 0 Å². The van der Waals surface area contributed by atoms with Gasteiger partial charge in [0.25, 0.3) is 0 Å². The molecule has 0 amide bonds. The van der Waals surface area contributed by atoms with Crippen LogP contribution in [0.2, 0.25) is 0 Å². The molecule has 0 aliphatic rings. The Morgan fingerprint density at radius 3 is 2.76 bits per heavy atom. The van der Waals surface area contributed by atoms with E-state index in [-0.39, 0.29) is 12.6 Å². The maximum absolute atomic E-state index is 9.37. The summed E-state index contributed by atoms with van der Waals surface area (Å²) < 4.78 is 5.59. The lowest BCUT2D eigenvalue weighted by Crippen LogP contribution is -2.25. The Balaban J connectivity index is 2.66. The third kappa shape index (κ3) is 4.75. The van der Waals surface area contributed by atoms with Crippen molar-refractivity contribution < 1.29 is 9.84 Å². The fraction of sp³-hybridized carbons (Fsp3) is 0.571. The van der Waals surface area contributed by atoms with E-state index in [0.717, 1.165) is 37.3 Å². The highest BCUT2D eigenvalue weighted by Gasteiger charge is 2.09. The predicted octanol–water partition coefficient (Wildman–Crippen LogP) is 2.51. The zero-order chi connectivity index (χ0) is 12.5. The molecule has 0 heterocycles. The first-order valence-corrected chi connectivity index (χ1v) is 6.38. The summed E-state index contributed by atoms with van der Waals surface area (Å²) in [4.78, 5) is 0. The molecule has 2 N–H and O–H groups in total. The van der Waals surface area contributed by atoms with Crippen molar-refractivity contribution >= 4 is 0 Å². The van der Waals surface area contributed by atoms with Gasteiger partial charge >= 0.3 is 0 Å². The van der Waals surface area contributed by atoms with Crippen molar-refractivity contribution in [2.24, 2.45) is 0 Å². The number of hydrogen-bond acceptors (Lipinski definition) is 3. The molecule has 0 fully saturated rings. The molecule has 96 valence electrons. The molecule has 0 saturated carbocycles. The third-order valence-corrected chi connectivity index (χ3v) is 2.56. The second kappa shape index (κ2) is 8.09. The second-order valence-corrected chi connectivity index (χ2v) is 4.11. The van der Waals surface area contributed by atoms with Crippen molar-refractivity contribution in [2.75, 3.05) is 19.8 Å². The number of hydrogen-bond donors (Lipinski definition) is 2. The fourth-order valence-electron chi connectivity index (χ4n) is 1.65. The normalized spacial score (nSPS) is 12.4. The largest absolute Gasteiger partial charge is 0.494 e. The number of nitrogens with one attached hydrogen (secondary N) is 1. The molecular weight excluding hydrogens is 214 g/mol. The van der Waals surface area contributed by atoms with Gasteiger partial charge in [-0.05, 0) is 37.1 Å². The lowest BCUT2D eigenvalue weighted by Gasteiger charge is -2.17. The van der Waals surface area contributed by atoms with Crippen LogP contribution in [-0.2, 0) is 0 Å². The molecular formula is C14H23NO2. The number of benzene rings is 1. The van der Waals surface area contributed by atoms with Gasteiger partial charge in [0.1, 0.15) is 5.75 Å². The highest BCUT2D eigenvalue weighted by atomic mass is 16.5. The highest BCUT2D eigenvalue weighted by Crippen LogP contribution is 2.19. The smallest absolute Gasteiger partial charge is 0.119 e. The van der Waals surface area contributed by atoms with Crippen LogP contribution in [0.5, 0.6) is 5.75 Å². The predicted molar refractivity (Wildman–Crippen MR) is 70.3 cm³/mol. The van der Waals surface area contributed by atoms with Crippen molar-refractivity contribution in [1.29, 1.82) is 0 Å². The van der Waals surface area contributed by atoms with Crippen LogP contribution in [0.3, 0.4) is 0 Å². The summed E-state index contributed by atoms with van der Waals surface area (Å²) >= 11 is 0. The van der Waals surface area contributed by atoms with E-state index in [0.29, 0.717) is 0 Å². The summed E-state index contributed by atoms with van der Waals surface area (Å²) in [6.07, 6.45) is 2.06. The molecule has 0 saturated heterocycles. The quantitative estimate of drug-likeness (QED) is 0.730. The molecule has 0 aliphatic heterocycles. The maximum atomic E-state index is 9.37. The topological polar surface area (TPSA) is 41.5 Å². The minimum atomic E-state index is 0.000117. The van der Waals surface area contributed by atoms with Crippen LogP contribution >= 0.6 is 0 Å². The average molecular weight is 237 g/mol. The summed E-state index contributed by atoms with van der Waals surface area (Å²) in [5, 5.41) is 12.7. The first-order chi connectivity index (χ1) is 8.31. The third-order valence-electron chi connectivity index (χ3n) is 2.56. The molecule has 0 bridgehead atoms. The minimum Gasteiger partial charge on any atom is -0.494 e. The van der Waals surface area contributed by atoms with Gasteiger partial charge in [0.15, 0.2) is 0 Å². The van der Waals surface area contributed by atoms with Crippen LogP contribution in [0.4, 0.5) is 0 Å². The van der Waals surface area contributed by atoms with E-state index in [1.54, 1.807) is 0 Å². The lowest BCUT2D eigenvalue weighted by atomic mass is 10.1. The van der Waals surface area contributed by atoms with Crippen molar-refractivity contribution in [1.82, 2.24) is 5.32 Å². The van der Waals surface area contributed by atoms with Crippen LogP contribution in [0, 0.1) is 0 Å². The fourth-order valence-corrected chi connectivity index (χ4v) is 1.65. The van der Waals surface area contributed by atoms with Crippen molar-refractivity contribution in [3.8, 4) is 5.75 Å². The molecule has 1 aromatic rings. The van der Waals surface area contributed by atoms with E-state index in [4.69, 9.17) is 4.74 Å². The number of aliphatic hydroxyl groups is 1. The van der Waals surface area contributed by atoms with Gasteiger partial charge in [-0.3, -0.25) is 0 Å². The molecule has 0 radical (unpaired) electrons. The van der Waals surface area contributed by atoms with Gasteiger partial charge in [0.2, 0.25) is 0 Å². The lowest BCUT2D eigenvalue weighted by molar-refractivity contribution is 0.244. The average Bonchev–Trinajstić information content (AvgIpc) is 2.38. The maximum Gasteiger partial charge on any atom is 0.119 e. The van der Waals surface area contributed by atoms with E-state index >= 15 is 0 Å². The molecule has 1 rings (SSSR count). The Morgan fingerprint density at radius 2 is 2.12 bits per heavy atom. The molecule has 0 aliphatic carbocycles. The van der Waals surface area contributed by atoms with E-state index in [1.165, 1.54) is 0 Å². The van der Waals surface area contributed by atoms with Gasteiger partial charge in [-0.2, -0.15) is 0 Å². The SMILES string of the molecule is CCCNC(CO)c1cccc(OCCC)c1. The molecule has 1 unspecified atom stereocenters. The second-order valence-electron chi connectivity index (χ2n) is 4.11. The summed E-state index contributed by atoms with van der Waals surface area (Å²) in [5.41, 5.74) is 1.08. The van der Waals surface area contributed by atoms with Crippen LogP contribution in [-0.4, -0.2) is 24.9 Å². The molecule has 1 atom stereocenters. The van der Waals surface area contributed by atoms with E-state index in [1.807, 2.05) is 24.3 Å². The Morgan fingerprint density at radius 1 is 1.29 bits per heavy atom. The molecule has 3 nitrogen and oxygen atoms in total. The Labute approximate surface area is 104 Å². The van der Waals surface area contributed by atoms with E-state index in [9.17, 15) is 5.11 Å². The molecule has 0 spiro atoms. The van der Waals surface area contributed by atoms with Crippen LogP contribution in [0.15, 0.2) is 24.3 Å². The van der Waals surface area contributed by atoms with E-state index in [2.05, 4.69) is 19.2 Å². The zero-order valence-corrected chi connectivity index (χ0v) is 10.8. The Hall–Kier alpha value is -1.06. The molecule has 1 aromatic carbocycles. The van der Waals surface area contributed by atoms with Gasteiger partial charge in [0.05, 0.1) is 19.3 Å². The van der Waals surface area contributed by atoms with Crippen molar-refractivity contribution in [3.63, 3.8) is 0 Å². The monoisotopic (exact) mass is 237 g/mol. The minimum absolute atomic E-state index is 0.000117. The zero-order valence-electron chi connectivity index (χ0n) is 10.8. The first-order valence-electron chi connectivity index (χ1n) is 6.38. The van der Waals surface area contributed by atoms with Gasteiger partial charge < -0.3 is 15.2 Å². The van der Waals surface area contributed by atoms with Gasteiger partial charge in [-0.15, -0.1) is 0 Å². The molecule has 3 heteroatoms. The molecule has 17 heavy (non-hydrogen) atoms.